The van der Waals surface area contributed by atoms with Crippen molar-refractivity contribution in [3.05, 3.63) is 34.5 Å². The van der Waals surface area contributed by atoms with Crippen LogP contribution < -0.4 is 0 Å². The molecule has 2 rings (SSSR count). The molecule has 0 aliphatic heterocycles. The van der Waals surface area contributed by atoms with Gasteiger partial charge in [0, 0.05) is 17.0 Å². The largest absolute Gasteiger partial charge is 0.481 e. The number of H-pyrrole nitrogens is 1. The predicted molar refractivity (Wildman–Crippen MR) is 68.7 cm³/mol. The molecule has 0 radical (unpaired) electrons. The molecule has 1 aromatic heterocycles. The summed E-state index contributed by atoms with van der Waals surface area (Å²) >= 11 is 6.11. The fourth-order valence-corrected chi connectivity index (χ4v) is 2.42. The van der Waals surface area contributed by atoms with Gasteiger partial charge in [-0.05, 0) is 18.6 Å². The summed E-state index contributed by atoms with van der Waals surface area (Å²) in [5.41, 5.74) is 2.92. The van der Waals surface area contributed by atoms with Crippen LogP contribution in [0.2, 0.25) is 5.02 Å². The minimum Gasteiger partial charge on any atom is -0.481 e. The van der Waals surface area contributed by atoms with E-state index in [0.717, 1.165) is 22.2 Å². The average molecular weight is 252 g/mol. The summed E-state index contributed by atoms with van der Waals surface area (Å²) in [6.45, 7) is 3.89. The number of fused-ring (bicyclic) bond motifs is 1. The molecule has 0 amide bonds. The van der Waals surface area contributed by atoms with E-state index in [4.69, 9.17) is 16.7 Å². The summed E-state index contributed by atoms with van der Waals surface area (Å²) in [7, 11) is 0. The van der Waals surface area contributed by atoms with Crippen molar-refractivity contribution in [2.24, 2.45) is 0 Å². The van der Waals surface area contributed by atoms with Crippen LogP contribution in [0.25, 0.3) is 10.9 Å². The number of nitrogens with one attached hydrogen (secondary N) is 1. The summed E-state index contributed by atoms with van der Waals surface area (Å²) < 4.78 is 0. The maximum absolute atomic E-state index is 10.7. The SMILES string of the molecule is Cc1c(C(C)CC(=O)O)[nH]c2c(Cl)cccc12. The molecule has 17 heavy (non-hydrogen) atoms. The molecule has 2 aromatic rings. The van der Waals surface area contributed by atoms with Gasteiger partial charge in [-0.3, -0.25) is 4.79 Å². The first-order valence-corrected chi connectivity index (χ1v) is 5.87. The first-order valence-electron chi connectivity index (χ1n) is 5.49. The monoisotopic (exact) mass is 251 g/mol. The predicted octanol–water partition coefficient (Wildman–Crippen LogP) is 3.71. The molecule has 1 heterocycles. The first kappa shape index (κ1) is 12.0. The molecule has 0 saturated heterocycles. The van der Waals surface area contributed by atoms with Crippen LogP contribution in [0, 0.1) is 6.92 Å². The highest BCUT2D eigenvalue weighted by molar-refractivity contribution is 6.35. The van der Waals surface area contributed by atoms with Gasteiger partial charge < -0.3 is 10.1 Å². The number of benzene rings is 1. The maximum Gasteiger partial charge on any atom is 0.304 e. The van der Waals surface area contributed by atoms with Crippen molar-refractivity contribution in [2.45, 2.75) is 26.2 Å². The van der Waals surface area contributed by atoms with Gasteiger partial charge in [-0.1, -0.05) is 30.7 Å². The lowest BCUT2D eigenvalue weighted by Gasteiger charge is -2.07. The molecule has 4 heteroatoms. The highest BCUT2D eigenvalue weighted by Gasteiger charge is 2.17. The fourth-order valence-electron chi connectivity index (χ4n) is 2.19. The van der Waals surface area contributed by atoms with Crippen LogP contribution in [0.1, 0.15) is 30.5 Å². The summed E-state index contributed by atoms with van der Waals surface area (Å²) in [6.07, 6.45) is 0.116. The van der Waals surface area contributed by atoms with Crippen LogP contribution in [-0.2, 0) is 4.79 Å². The number of carboxylic acids is 1. The molecule has 1 aromatic carbocycles. The highest BCUT2D eigenvalue weighted by atomic mass is 35.5. The Labute approximate surface area is 104 Å². The third-order valence-corrected chi connectivity index (χ3v) is 3.37. The smallest absolute Gasteiger partial charge is 0.304 e. The van der Waals surface area contributed by atoms with E-state index in [1.165, 1.54) is 0 Å². The van der Waals surface area contributed by atoms with Crippen molar-refractivity contribution >= 4 is 28.5 Å². The van der Waals surface area contributed by atoms with Crippen LogP contribution in [-0.4, -0.2) is 16.1 Å². The molecule has 0 saturated carbocycles. The number of para-hydroxylation sites is 1. The number of aryl methyl sites for hydroxylation is 1. The molecular formula is C13H14ClNO2. The number of halogens is 1. The van der Waals surface area contributed by atoms with Crippen molar-refractivity contribution in [3.8, 4) is 0 Å². The molecule has 0 bridgehead atoms. The molecule has 1 unspecified atom stereocenters. The van der Waals surface area contributed by atoms with Crippen molar-refractivity contribution in [1.82, 2.24) is 4.98 Å². The third kappa shape index (κ3) is 2.15. The van der Waals surface area contributed by atoms with E-state index in [1.54, 1.807) is 0 Å². The van der Waals surface area contributed by atoms with Gasteiger partial charge in [0.1, 0.15) is 0 Å². The van der Waals surface area contributed by atoms with Gasteiger partial charge in [-0.25, -0.2) is 0 Å². The number of rotatable bonds is 3. The first-order chi connectivity index (χ1) is 8.00. The summed E-state index contributed by atoms with van der Waals surface area (Å²) in [6, 6.07) is 5.71. The number of carbonyl (C=O) groups is 1. The molecule has 0 fully saturated rings. The molecule has 90 valence electrons. The van der Waals surface area contributed by atoms with Gasteiger partial charge in [-0.2, -0.15) is 0 Å². The van der Waals surface area contributed by atoms with E-state index in [0.29, 0.717) is 5.02 Å². The number of aromatic nitrogens is 1. The summed E-state index contributed by atoms with van der Waals surface area (Å²) in [5.74, 6) is -0.836. The minimum atomic E-state index is -0.790. The quantitative estimate of drug-likeness (QED) is 0.874. The molecule has 1 atom stereocenters. The highest BCUT2D eigenvalue weighted by Crippen LogP contribution is 2.32. The van der Waals surface area contributed by atoms with Gasteiger partial charge in [0.25, 0.3) is 0 Å². The Morgan fingerprint density at radius 3 is 2.82 bits per heavy atom. The minimum absolute atomic E-state index is 0.0454. The van der Waals surface area contributed by atoms with E-state index in [1.807, 2.05) is 32.0 Å². The zero-order chi connectivity index (χ0) is 12.6. The van der Waals surface area contributed by atoms with Crippen molar-refractivity contribution in [2.75, 3.05) is 0 Å². The number of aromatic amines is 1. The standard InChI is InChI=1S/C13H14ClNO2/c1-7(6-11(16)17)12-8(2)9-4-3-5-10(14)13(9)15-12/h3-5,7,15H,6H2,1-2H3,(H,16,17). The number of hydrogen-bond acceptors (Lipinski definition) is 1. The second kappa shape index (κ2) is 4.41. The van der Waals surface area contributed by atoms with E-state index < -0.39 is 5.97 Å². The molecule has 0 aliphatic carbocycles. The van der Waals surface area contributed by atoms with Crippen LogP contribution >= 0.6 is 11.6 Å². The Morgan fingerprint density at radius 1 is 1.53 bits per heavy atom. The third-order valence-electron chi connectivity index (χ3n) is 3.05. The lowest BCUT2D eigenvalue weighted by Crippen LogP contribution is -2.04. The van der Waals surface area contributed by atoms with Crippen LogP contribution in [0.3, 0.4) is 0 Å². The Morgan fingerprint density at radius 2 is 2.24 bits per heavy atom. The fraction of sp³-hybridized carbons (Fsp3) is 0.308. The van der Waals surface area contributed by atoms with Gasteiger partial charge >= 0.3 is 5.97 Å². The van der Waals surface area contributed by atoms with Gasteiger partial charge in [-0.15, -0.1) is 0 Å². The van der Waals surface area contributed by atoms with Crippen molar-refractivity contribution in [1.29, 1.82) is 0 Å². The van der Waals surface area contributed by atoms with Gasteiger partial charge in [0.05, 0.1) is 17.0 Å². The van der Waals surface area contributed by atoms with Crippen molar-refractivity contribution in [3.63, 3.8) is 0 Å². The molecule has 3 nitrogen and oxygen atoms in total. The number of carboxylic acid groups (broad SMARTS) is 1. The van der Waals surface area contributed by atoms with E-state index in [9.17, 15) is 4.79 Å². The normalized spacial score (nSPS) is 12.9. The lowest BCUT2D eigenvalue weighted by atomic mass is 10.00. The molecular weight excluding hydrogens is 238 g/mol. The summed E-state index contributed by atoms with van der Waals surface area (Å²) in [4.78, 5) is 14.0. The van der Waals surface area contributed by atoms with Crippen LogP contribution in [0.4, 0.5) is 0 Å². The zero-order valence-corrected chi connectivity index (χ0v) is 10.5. The summed E-state index contributed by atoms with van der Waals surface area (Å²) in [5, 5.41) is 10.6. The maximum atomic E-state index is 10.7. The van der Waals surface area contributed by atoms with E-state index >= 15 is 0 Å². The van der Waals surface area contributed by atoms with E-state index in [2.05, 4.69) is 4.98 Å². The Kier molecular flexibility index (Phi) is 3.11. The molecule has 0 aliphatic rings. The van der Waals surface area contributed by atoms with Gasteiger partial charge in [0.2, 0.25) is 0 Å². The molecule has 0 spiro atoms. The van der Waals surface area contributed by atoms with Gasteiger partial charge in [0.15, 0.2) is 0 Å². The van der Waals surface area contributed by atoms with E-state index in [-0.39, 0.29) is 12.3 Å². The Balaban J connectivity index is 2.52. The Hall–Kier alpha value is -1.48. The number of aliphatic carboxylic acids is 1. The lowest BCUT2D eigenvalue weighted by molar-refractivity contribution is -0.137. The number of hydrogen-bond donors (Lipinski definition) is 2. The van der Waals surface area contributed by atoms with Crippen molar-refractivity contribution < 1.29 is 9.90 Å². The topological polar surface area (TPSA) is 53.1 Å². The average Bonchev–Trinajstić information content (AvgIpc) is 2.57. The second-order valence-corrected chi connectivity index (χ2v) is 4.73. The Bertz CT molecular complexity index is 574. The molecule has 2 N–H and O–H groups in total. The zero-order valence-electron chi connectivity index (χ0n) is 9.75. The van der Waals surface area contributed by atoms with Crippen LogP contribution in [0.15, 0.2) is 18.2 Å². The second-order valence-electron chi connectivity index (χ2n) is 4.32. The van der Waals surface area contributed by atoms with Crippen LogP contribution in [0.5, 0.6) is 0 Å².